The fourth-order valence-electron chi connectivity index (χ4n) is 1.69. The van der Waals surface area contributed by atoms with E-state index in [0.717, 1.165) is 27.1 Å². The van der Waals surface area contributed by atoms with Gasteiger partial charge < -0.3 is 9.47 Å². The molecule has 0 radical (unpaired) electrons. The zero-order valence-corrected chi connectivity index (χ0v) is 13.1. The van der Waals surface area contributed by atoms with E-state index in [-0.39, 0.29) is 0 Å². The van der Waals surface area contributed by atoms with E-state index >= 15 is 0 Å². The lowest BCUT2D eigenvalue weighted by atomic mass is 10.2. The molecule has 0 spiro atoms. The molecule has 2 rings (SSSR count). The lowest BCUT2D eigenvalue weighted by Gasteiger charge is -2.12. The molecule has 0 bridgehead atoms. The minimum absolute atomic E-state index is 0.467. The summed E-state index contributed by atoms with van der Waals surface area (Å²) in [6.45, 7) is 2.01. The van der Waals surface area contributed by atoms with Gasteiger partial charge in [-0.15, -0.1) is 11.6 Å². The summed E-state index contributed by atoms with van der Waals surface area (Å²) in [4.78, 5) is 0. The Morgan fingerprint density at radius 1 is 1.11 bits per heavy atom. The molecule has 0 aliphatic rings. The zero-order valence-electron chi connectivity index (χ0n) is 10.7. The van der Waals surface area contributed by atoms with E-state index in [1.165, 1.54) is 0 Å². The van der Waals surface area contributed by atoms with Gasteiger partial charge >= 0.3 is 0 Å². The molecule has 0 saturated carbocycles. The first-order valence-corrected chi connectivity index (χ1v) is 7.13. The predicted octanol–water partition coefficient (Wildman–Crippen LogP) is 5.30. The van der Waals surface area contributed by atoms with Gasteiger partial charge in [0.05, 0.1) is 7.11 Å². The Morgan fingerprint density at radius 2 is 1.89 bits per heavy atom. The number of rotatable bonds is 4. The number of ether oxygens (including phenoxy) is 2. The lowest BCUT2D eigenvalue weighted by molar-refractivity contribution is 0.378. The van der Waals surface area contributed by atoms with Gasteiger partial charge in [0.1, 0.15) is 5.75 Å². The Kier molecular flexibility index (Phi) is 4.72. The SMILES string of the molecule is COc1cc(C)ccc1Oc1ccc(CCl)c(Br)c1. The fraction of sp³-hybridized carbons (Fsp3) is 0.200. The van der Waals surface area contributed by atoms with E-state index in [2.05, 4.69) is 15.9 Å². The third-order valence-electron chi connectivity index (χ3n) is 2.72. The summed E-state index contributed by atoms with van der Waals surface area (Å²) < 4.78 is 12.1. The van der Waals surface area contributed by atoms with Crippen molar-refractivity contribution in [1.29, 1.82) is 0 Å². The summed E-state index contributed by atoms with van der Waals surface area (Å²) in [7, 11) is 1.63. The fourth-order valence-corrected chi connectivity index (χ4v) is 2.58. The molecule has 0 atom stereocenters. The second-order valence-corrected chi connectivity index (χ2v) is 5.26. The van der Waals surface area contributed by atoms with Crippen molar-refractivity contribution in [2.45, 2.75) is 12.8 Å². The summed E-state index contributed by atoms with van der Waals surface area (Å²) >= 11 is 9.29. The number of methoxy groups -OCH3 is 1. The summed E-state index contributed by atoms with van der Waals surface area (Å²) in [5.74, 6) is 2.62. The number of hydrogen-bond donors (Lipinski definition) is 0. The molecule has 19 heavy (non-hydrogen) atoms. The highest BCUT2D eigenvalue weighted by Crippen LogP contribution is 2.34. The van der Waals surface area contributed by atoms with Crippen LogP contribution in [-0.2, 0) is 5.88 Å². The molecule has 2 aromatic rings. The third-order valence-corrected chi connectivity index (χ3v) is 3.74. The van der Waals surface area contributed by atoms with E-state index in [1.807, 2.05) is 43.3 Å². The number of aryl methyl sites for hydroxylation is 1. The van der Waals surface area contributed by atoms with Crippen molar-refractivity contribution in [3.05, 3.63) is 52.0 Å². The first kappa shape index (κ1) is 14.2. The van der Waals surface area contributed by atoms with Crippen LogP contribution in [0.2, 0.25) is 0 Å². The Morgan fingerprint density at radius 3 is 2.53 bits per heavy atom. The predicted molar refractivity (Wildman–Crippen MR) is 81.5 cm³/mol. The van der Waals surface area contributed by atoms with Crippen LogP contribution in [0.25, 0.3) is 0 Å². The van der Waals surface area contributed by atoms with Crippen LogP contribution in [0.3, 0.4) is 0 Å². The lowest BCUT2D eigenvalue weighted by Crippen LogP contribution is -1.91. The molecule has 2 nitrogen and oxygen atoms in total. The standard InChI is InChI=1S/C15H14BrClO2/c1-10-3-6-14(15(7-10)18-2)19-12-5-4-11(9-17)13(16)8-12/h3-8H,9H2,1-2H3. The van der Waals surface area contributed by atoms with Crippen molar-refractivity contribution in [3.8, 4) is 17.2 Å². The largest absolute Gasteiger partial charge is 0.493 e. The van der Waals surface area contributed by atoms with Crippen LogP contribution in [0.4, 0.5) is 0 Å². The third kappa shape index (κ3) is 3.43. The summed E-state index contributed by atoms with van der Waals surface area (Å²) in [6, 6.07) is 11.6. The number of halogens is 2. The maximum atomic E-state index is 5.84. The average molecular weight is 342 g/mol. The molecule has 0 N–H and O–H groups in total. The van der Waals surface area contributed by atoms with E-state index in [1.54, 1.807) is 7.11 Å². The average Bonchev–Trinajstić information content (AvgIpc) is 2.41. The normalized spacial score (nSPS) is 10.3. The smallest absolute Gasteiger partial charge is 0.169 e. The van der Waals surface area contributed by atoms with Crippen LogP contribution < -0.4 is 9.47 Å². The van der Waals surface area contributed by atoms with Gasteiger partial charge in [-0.3, -0.25) is 0 Å². The quantitative estimate of drug-likeness (QED) is 0.703. The van der Waals surface area contributed by atoms with Crippen molar-refractivity contribution in [1.82, 2.24) is 0 Å². The zero-order chi connectivity index (χ0) is 13.8. The van der Waals surface area contributed by atoms with Gasteiger partial charge in [-0.2, -0.15) is 0 Å². The van der Waals surface area contributed by atoms with Gasteiger partial charge in [0.25, 0.3) is 0 Å². The van der Waals surface area contributed by atoms with Gasteiger partial charge in [-0.05, 0) is 42.3 Å². The van der Waals surface area contributed by atoms with Gasteiger partial charge in [0, 0.05) is 10.4 Å². The molecule has 0 saturated heterocycles. The molecule has 100 valence electrons. The van der Waals surface area contributed by atoms with E-state index < -0.39 is 0 Å². The van der Waals surface area contributed by atoms with Gasteiger partial charge in [-0.25, -0.2) is 0 Å². The van der Waals surface area contributed by atoms with Crippen LogP contribution in [0.5, 0.6) is 17.2 Å². The minimum Gasteiger partial charge on any atom is -0.493 e. The summed E-state index contributed by atoms with van der Waals surface area (Å²) in [5, 5.41) is 0. The van der Waals surface area contributed by atoms with Crippen LogP contribution in [0.15, 0.2) is 40.9 Å². The highest BCUT2D eigenvalue weighted by molar-refractivity contribution is 9.10. The first-order valence-electron chi connectivity index (χ1n) is 5.81. The van der Waals surface area contributed by atoms with E-state index in [0.29, 0.717) is 11.6 Å². The Labute approximate surface area is 126 Å². The molecule has 2 aromatic carbocycles. The van der Waals surface area contributed by atoms with Crippen molar-refractivity contribution in [3.63, 3.8) is 0 Å². The van der Waals surface area contributed by atoms with Crippen molar-refractivity contribution in [2.24, 2.45) is 0 Å². The molecule has 0 unspecified atom stereocenters. The Hall–Kier alpha value is -1.19. The Bertz CT molecular complexity index is 584. The monoisotopic (exact) mass is 340 g/mol. The van der Waals surface area contributed by atoms with Crippen LogP contribution in [0.1, 0.15) is 11.1 Å². The molecule has 0 fully saturated rings. The number of alkyl halides is 1. The minimum atomic E-state index is 0.467. The first-order chi connectivity index (χ1) is 9.13. The molecular weight excluding hydrogens is 328 g/mol. The topological polar surface area (TPSA) is 18.5 Å². The van der Waals surface area contributed by atoms with E-state index in [4.69, 9.17) is 21.1 Å². The number of hydrogen-bond acceptors (Lipinski definition) is 2. The van der Waals surface area contributed by atoms with Gasteiger partial charge in [0.15, 0.2) is 11.5 Å². The van der Waals surface area contributed by atoms with E-state index in [9.17, 15) is 0 Å². The van der Waals surface area contributed by atoms with Crippen molar-refractivity contribution in [2.75, 3.05) is 7.11 Å². The second-order valence-electron chi connectivity index (χ2n) is 4.14. The molecule has 0 aromatic heterocycles. The van der Waals surface area contributed by atoms with Crippen molar-refractivity contribution < 1.29 is 9.47 Å². The maximum Gasteiger partial charge on any atom is 0.169 e. The van der Waals surface area contributed by atoms with Gasteiger partial charge in [0.2, 0.25) is 0 Å². The molecular formula is C15H14BrClO2. The number of benzene rings is 2. The summed E-state index contributed by atoms with van der Waals surface area (Å²) in [6.07, 6.45) is 0. The summed E-state index contributed by atoms with van der Waals surface area (Å²) in [5.41, 5.74) is 2.16. The van der Waals surface area contributed by atoms with Crippen LogP contribution in [0, 0.1) is 6.92 Å². The highest BCUT2D eigenvalue weighted by Gasteiger charge is 2.07. The van der Waals surface area contributed by atoms with Crippen LogP contribution >= 0.6 is 27.5 Å². The Balaban J connectivity index is 2.28. The second kappa shape index (κ2) is 6.31. The van der Waals surface area contributed by atoms with Crippen molar-refractivity contribution >= 4 is 27.5 Å². The van der Waals surface area contributed by atoms with Crippen LogP contribution in [-0.4, -0.2) is 7.11 Å². The highest BCUT2D eigenvalue weighted by atomic mass is 79.9. The molecule has 0 heterocycles. The molecule has 0 aliphatic heterocycles. The molecule has 4 heteroatoms. The van der Waals surface area contributed by atoms with Gasteiger partial charge in [-0.1, -0.05) is 28.1 Å². The molecule has 0 amide bonds. The maximum absolute atomic E-state index is 5.84. The molecule has 0 aliphatic carbocycles.